The third kappa shape index (κ3) is 1.82. The van der Waals surface area contributed by atoms with Crippen LogP contribution in [-0.4, -0.2) is 4.98 Å². The largest absolute Gasteiger partial charge is 0.397 e. The van der Waals surface area contributed by atoms with E-state index in [1.165, 1.54) is 6.20 Å². The summed E-state index contributed by atoms with van der Waals surface area (Å²) in [4.78, 5) is 3.72. The van der Waals surface area contributed by atoms with Crippen LogP contribution in [0.25, 0.3) is 0 Å². The van der Waals surface area contributed by atoms with Crippen molar-refractivity contribution in [2.24, 2.45) is 0 Å². The summed E-state index contributed by atoms with van der Waals surface area (Å²) in [7, 11) is 0. The standard InChI is InChI=1S/C8H6BrF2N3/c9-1-5-6(8(10)11)7(13)4(2-12)3-14-5/h3,8H,1H2,(H2,13,14). The Kier molecular flexibility index (Phi) is 3.36. The molecule has 3 nitrogen and oxygen atoms in total. The van der Waals surface area contributed by atoms with Gasteiger partial charge in [-0.05, 0) is 0 Å². The molecular weight excluding hydrogens is 256 g/mol. The first-order valence-electron chi connectivity index (χ1n) is 3.63. The van der Waals surface area contributed by atoms with Crippen molar-refractivity contribution < 1.29 is 8.78 Å². The number of rotatable bonds is 2. The molecular formula is C8H6BrF2N3. The molecule has 0 spiro atoms. The second-order valence-corrected chi connectivity index (χ2v) is 3.05. The number of pyridine rings is 1. The molecule has 0 aliphatic heterocycles. The highest BCUT2D eigenvalue weighted by atomic mass is 79.9. The molecule has 0 radical (unpaired) electrons. The van der Waals surface area contributed by atoms with Crippen LogP contribution >= 0.6 is 15.9 Å². The van der Waals surface area contributed by atoms with Crippen LogP contribution in [0, 0.1) is 11.3 Å². The number of anilines is 1. The van der Waals surface area contributed by atoms with Gasteiger partial charge in [-0.2, -0.15) is 5.26 Å². The van der Waals surface area contributed by atoms with Crippen molar-refractivity contribution in [2.45, 2.75) is 11.8 Å². The maximum absolute atomic E-state index is 12.5. The summed E-state index contributed by atoms with van der Waals surface area (Å²) < 4.78 is 25.1. The molecule has 0 unspecified atom stereocenters. The third-order valence-electron chi connectivity index (χ3n) is 1.71. The molecule has 0 aromatic carbocycles. The van der Waals surface area contributed by atoms with E-state index < -0.39 is 6.43 Å². The maximum atomic E-state index is 12.5. The molecule has 0 aliphatic carbocycles. The molecule has 1 heterocycles. The molecule has 0 saturated carbocycles. The molecule has 2 N–H and O–H groups in total. The van der Waals surface area contributed by atoms with Crippen LogP contribution in [0.5, 0.6) is 0 Å². The van der Waals surface area contributed by atoms with Gasteiger partial charge >= 0.3 is 0 Å². The van der Waals surface area contributed by atoms with E-state index in [2.05, 4.69) is 20.9 Å². The van der Waals surface area contributed by atoms with E-state index in [-0.39, 0.29) is 27.8 Å². The van der Waals surface area contributed by atoms with Crippen molar-refractivity contribution in [1.29, 1.82) is 5.26 Å². The number of hydrogen-bond donors (Lipinski definition) is 1. The molecule has 0 aliphatic rings. The normalized spacial score (nSPS) is 10.2. The van der Waals surface area contributed by atoms with Crippen LogP contribution in [0.4, 0.5) is 14.5 Å². The van der Waals surface area contributed by atoms with E-state index >= 15 is 0 Å². The second kappa shape index (κ2) is 4.33. The van der Waals surface area contributed by atoms with Crippen LogP contribution in [0.1, 0.15) is 23.2 Å². The predicted octanol–water partition coefficient (Wildman–Crippen LogP) is 2.37. The molecule has 0 bridgehead atoms. The lowest BCUT2D eigenvalue weighted by molar-refractivity contribution is 0.151. The Balaban J connectivity index is 3.41. The zero-order chi connectivity index (χ0) is 10.7. The topological polar surface area (TPSA) is 62.7 Å². The lowest BCUT2D eigenvalue weighted by atomic mass is 10.1. The van der Waals surface area contributed by atoms with E-state index in [0.29, 0.717) is 0 Å². The molecule has 0 fully saturated rings. The van der Waals surface area contributed by atoms with E-state index in [1.54, 1.807) is 6.07 Å². The van der Waals surface area contributed by atoms with Crippen LogP contribution < -0.4 is 5.73 Å². The lowest BCUT2D eigenvalue weighted by Gasteiger charge is -2.09. The van der Waals surface area contributed by atoms with Gasteiger partial charge in [-0.3, -0.25) is 4.98 Å². The van der Waals surface area contributed by atoms with Gasteiger partial charge in [0.25, 0.3) is 6.43 Å². The number of halogens is 3. The lowest BCUT2D eigenvalue weighted by Crippen LogP contribution is -2.04. The maximum Gasteiger partial charge on any atom is 0.267 e. The van der Waals surface area contributed by atoms with Crippen molar-refractivity contribution in [1.82, 2.24) is 4.98 Å². The van der Waals surface area contributed by atoms with Gasteiger partial charge in [0.2, 0.25) is 0 Å². The minimum atomic E-state index is -2.72. The number of aromatic nitrogens is 1. The quantitative estimate of drug-likeness (QED) is 0.832. The number of nitrogens with two attached hydrogens (primary N) is 1. The number of nitrogen functional groups attached to an aromatic ring is 1. The first-order chi connectivity index (χ1) is 6.61. The smallest absolute Gasteiger partial charge is 0.267 e. The Labute approximate surface area is 87.7 Å². The molecule has 74 valence electrons. The molecule has 0 atom stereocenters. The monoisotopic (exact) mass is 261 g/mol. The highest BCUT2D eigenvalue weighted by molar-refractivity contribution is 9.08. The minimum absolute atomic E-state index is 0.0231. The SMILES string of the molecule is N#Cc1cnc(CBr)c(C(F)F)c1N. The molecule has 0 amide bonds. The van der Waals surface area contributed by atoms with E-state index in [1.807, 2.05) is 0 Å². The molecule has 0 saturated heterocycles. The summed E-state index contributed by atoms with van der Waals surface area (Å²) >= 11 is 3.02. The van der Waals surface area contributed by atoms with Gasteiger partial charge in [0.1, 0.15) is 6.07 Å². The third-order valence-corrected chi connectivity index (χ3v) is 2.24. The van der Waals surface area contributed by atoms with Gasteiger partial charge in [-0.1, -0.05) is 15.9 Å². The fourth-order valence-electron chi connectivity index (χ4n) is 1.02. The van der Waals surface area contributed by atoms with E-state index in [9.17, 15) is 8.78 Å². The fourth-order valence-corrected chi connectivity index (χ4v) is 1.47. The van der Waals surface area contributed by atoms with Crippen LogP contribution in [-0.2, 0) is 5.33 Å². The summed E-state index contributed by atoms with van der Waals surface area (Å²) in [6.45, 7) is 0. The first-order valence-corrected chi connectivity index (χ1v) is 4.75. The summed E-state index contributed by atoms with van der Waals surface area (Å²) in [5.41, 5.74) is 5.00. The first kappa shape index (κ1) is 10.9. The van der Waals surface area contributed by atoms with E-state index in [4.69, 9.17) is 11.0 Å². The summed E-state index contributed by atoms with van der Waals surface area (Å²) in [5, 5.41) is 8.74. The Hall–Kier alpha value is -1.22. The van der Waals surface area contributed by atoms with Crippen LogP contribution in [0.2, 0.25) is 0 Å². The minimum Gasteiger partial charge on any atom is -0.397 e. The van der Waals surface area contributed by atoms with Gasteiger partial charge in [0.15, 0.2) is 0 Å². The highest BCUT2D eigenvalue weighted by Crippen LogP contribution is 2.30. The average molecular weight is 262 g/mol. The summed E-state index contributed by atoms with van der Waals surface area (Å²) in [6.07, 6.45) is -1.53. The fraction of sp³-hybridized carbons (Fsp3) is 0.250. The van der Waals surface area contributed by atoms with Crippen LogP contribution in [0.3, 0.4) is 0 Å². The molecule has 1 aromatic heterocycles. The van der Waals surface area contributed by atoms with Crippen molar-refractivity contribution in [3.8, 4) is 6.07 Å². The number of nitrogens with zero attached hydrogens (tertiary/aromatic N) is 2. The van der Waals surface area contributed by atoms with Crippen LogP contribution in [0.15, 0.2) is 6.20 Å². The Bertz CT molecular complexity index is 387. The summed E-state index contributed by atoms with van der Waals surface area (Å²) in [6, 6.07) is 1.71. The van der Waals surface area contributed by atoms with Crippen molar-refractivity contribution >= 4 is 21.6 Å². The Morgan fingerprint density at radius 1 is 1.64 bits per heavy atom. The van der Waals surface area contributed by atoms with E-state index in [0.717, 1.165) is 0 Å². The zero-order valence-corrected chi connectivity index (χ0v) is 8.55. The Morgan fingerprint density at radius 3 is 2.71 bits per heavy atom. The summed E-state index contributed by atoms with van der Waals surface area (Å²) in [5.74, 6) is 0. The number of alkyl halides is 3. The molecule has 6 heteroatoms. The van der Waals surface area contributed by atoms with Crippen molar-refractivity contribution in [3.05, 3.63) is 23.0 Å². The van der Waals surface area contributed by atoms with Gasteiger partial charge < -0.3 is 5.73 Å². The highest BCUT2D eigenvalue weighted by Gasteiger charge is 2.19. The Morgan fingerprint density at radius 2 is 2.29 bits per heavy atom. The number of nitriles is 1. The number of hydrogen-bond acceptors (Lipinski definition) is 3. The van der Waals surface area contributed by atoms with Gasteiger partial charge in [-0.25, -0.2) is 8.78 Å². The zero-order valence-electron chi connectivity index (χ0n) is 6.97. The van der Waals surface area contributed by atoms with Gasteiger partial charge in [-0.15, -0.1) is 0 Å². The molecule has 14 heavy (non-hydrogen) atoms. The van der Waals surface area contributed by atoms with Crippen molar-refractivity contribution in [2.75, 3.05) is 5.73 Å². The van der Waals surface area contributed by atoms with Crippen molar-refractivity contribution in [3.63, 3.8) is 0 Å². The van der Waals surface area contributed by atoms with Gasteiger partial charge in [0.05, 0.1) is 22.5 Å². The van der Waals surface area contributed by atoms with Gasteiger partial charge in [0, 0.05) is 11.5 Å². The molecule has 1 aromatic rings. The predicted molar refractivity (Wildman–Crippen MR) is 51.0 cm³/mol. The molecule has 1 rings (SSSR count). The average Bonchev–Trinajstić information content (AvgIpc) is 2.16. The second-order valence-electron chi connectivity index (χ2n) is 2.49.